The first-order valence-corrected chi connectivity index (χ1v) is 11.8. The zero-order valence-corrected chi connectivity index (χ0v) is 20.0. The second-order valence-electron chi connectivity index (χ2n) is 8.73. The SMILES string of the molecule is CC(C)n1ncn(-c2ccc(N3CCN(C(C(=O)NCCC#N)c4ccccc4)CC3)nc2)c1=O. The average molecular weight is 475 g/mol. The third-order valence-electron chi connectivity index (χ3n) is 6.10. The number of piperazine rings is 1. The van der Waals surface area contributed by atoms with Crippen LogP contribution in [-0.4, -0.2) is 62.9 Å². The molecule has 10 nitrogen and oxygen atoms in total. The van der Waals surface area contributed by atoms with E-state index in [9.17, 15) is 9.59 Å². The molecule has 1 atom stereocenters. The first-order valence-electron chi connectivity index (χ1n) is 11.8. The summed E-state index contributed by atoms with van der Waals surface area (Å²) in [5, 5.41) is 15.9. The van der Waals surface area contributed by atoms with Crippen LogP contribution >= 0.6 is 0 Å². The number of amides is 1. The lowest BCUT2D eigenvalue weighted by molar-refractivity contribution is -0.126. The maximum Gasteiger partial charge on any atom is 0.350 e. The van der Waals surface area contributed by atoms with Crippen LogP contribution in [0.3, 0.4) is 0 Å². The third-order valence-corrected chi connectivity index (χ3v) is 6.10. The van der Waals surface area contributed by atoms with Crippen molar-refractivity contribution in [3.8, 4) is 11.8 Å². The fourth-order valence-corrected chi connectivity index (χ4v) is 4.27. The van der Waals surface area contributed by atoms with Crippen molar-refractivity contribution in [1.29, 1.82) is 5.26 Å². The van der Waals surface area contributed by atoms with Gasteiger partial charge in [0.2, 0.25) is 5.91 Å². The maximum atomic E-state index is 13.0. The van der Waals surface area contributed by atoms with Crippen molar-refractivity contribution in [3.05, 3.63) is 71.0 Å². The van der Waals surface area contributed by atoms with Gasteiger partial charge in [-0.25, -0.2) is 19.0 Å². The molecule has 1 aliphatic heterocycles. The van der Waals surface area contributed by atoms with Gasteiger partial charge in [-0.1, -0.05) is 30.3 Å². The summed E-state index contributed by atoms with van der Waals surface area (Å²) in [6, 6.07) is 15.2. The first-order chi connectivity index (χ1) is 17.0. The van der Waals surface area contributed by atoms with Crippen LogP contribution in [0.5, 0.6) is 0 Å². The number of nitrogens with one attached hydrogen (secondary N) is 1. The number of hydrogen-bond acceptors (Lipinski definition) is 7. The number of anilines is 1. The van der Waals surface area contributed by atoms with E-state index in [-0.39, 0.29) is 24.1 Å². The van der Waals surface area contributed by atoms with Crippen molar-refractivity contribution in [2.45, 2.75) is 32.4 Å². The highest BCUT2D eigenvalue weighted by molar-refractivity contribution is 5.83. The van der Waals surface area contributed by atoms with Crippen LogP contribution in [0.15, 0.2) is 59.8 Å². The van der Waals surface area contributed by atoms with E-state index in [1.54, 1.807) is 6.20 Å². The van der Waals surface area contributed by atoms with Crippen LogP contribution in [0.4, 0.5) is 5.82 Å². The quantitative estimate of drug-likeness (QED) is 0.496. The predicted molar refractivity (Wildman–Crippen MR) is 132 cm³/mol. The van der Waals surface area contributed by atoms with E-state index in [0.29, 0.717) is 38.4 Å². The van der Waals surface area contributed by atoms with Crippen LogP contribution in [-0.2, 0) is 4.79 Å². The minimum atomic E-state index is -0.406. The van der Waals surface area contributed by atoms with Gasteiger partial charge in [-0.2, -0.15) is 10.4 Å². The molecular weight excluding hydrogens is 444 g/mol. The summed E-state index contributed by atoms with van der Waals surface area (Å²) in [5.74, 6) is 0.738. The third kappa shape index (κ3) is 5.41. The maximum absolute atomic E-state index is 13.0. The van der Waals surface area contributed by atoms with Gasteiger partial charge >= 0.3 is 5.69 Å². The Morgan fingerprint density at radius 3 is 2.46 bits per heavy atom. The highest BCUT2D eigenvalue weighted by Gasteiger charge is 2.30. The van der Waals surface area contributed by atoms with Gasteiger partial charge < -0.3 is 10.2 Å². The zero-order chi connectivity index (χ0) is 24.8. The standard InChI is InChI=1S/C25H30N8O2/c1-19(2)33-25(35)32(18-29-33)21-9-10-22(28-17-21)30-13-15-31(16-14-30)23(20-7-4-3-5-8-20)24(34)27-12-6-11-26/h3-5,7-10,17-19,23H,6,12-16H2,1-2H3,(H,27,34). The summed E-state index contributed by atoms with van der Waals surface area (Å²) < 4.78 is 2.93. The number of hydrogen-bond donors (Lipinski definition) is 1. The minimum absolute atomic E-state index is 0.0135. The number of nitriles is 1. The van der Waals surface area contributed by atoms with Gasteiger partial charge in [0.15, 0.2) is 0 Å². The Balaban J connectivity index is 1.43. The Morgan fingerprint density at radius 1 is 1.11 bits per heavy atom. The molecular formula is C25H30N8O2. The number of nitrogens with zero attached hydrogens (tertiary/aromatic N) is 7. The number of carbonyl (C=O) groups is 1. The molecule has 0 saturated carbocycles. The largest absolute Gasteiger partial charge is 0.354 e. The molecule has 0 bridgehead atoms. The van der Waals surface area contributed by atoms with Gasteiger partial charge in [0, 0.05) is 32.7 Å². The molecule has 0 aliphatic carbocycles. The summed E-state index contributed by atoms with van der Waals surface area (Å²) in [5.41, 5.74) is 1.41. The Kier molecular flexibility index (Phi) is 7.57. The Morgan fingerprint density at radius 2 is 1.86 bits per heavy atom. The second kappa shape index (κ2) is 11.0. The van der Waals surface area contributed by atoms with Crippen molar-refractivity contribution < 1.29 is 4.79 Å². The molecule has 1 N–H and O–H groups in total. The monoisotopic (exact) mass is 474 g/mol. The van der Waals surface area contributed by atoms with Gasteiger partial charge in [0.05, 0.1) is 30.4 Å². The highest BCUT2D eigenvalue weighted by Crippen LogP contribution is 2.24. The fraction of sp³-hybridized carbons (Fsp3) is 0.400. The van der Waals surface area contributed by atoms with Gasteiger partial charge in [-0.05, 0) is 31.5 Å². The molecule has 35 heavy (non-hydrogen) atoms. The number of carbonyl (C=O) groups excluding carboxylic acids is 1. The molecule has 10 heteroatoms. The molecule has 1 unspecified atom stereocenters. The van der Waals surface area contributed by atoms with E-state index in [0.717, 1.165) is 11.4 Å². The van der Waals surface area contributed by atoms with E-state index in [2.05, 4.69) is 31.3 Å². The van der Waals surface area contributed by atoms with Gasteiger partial charge in [-0.3, -0.25) is 9.69 Å². The van der Waals surface area contributed by atoms with Crippen LogP contribution in [0.25, 0.3) is 5.69 Å². The number of rotatable bonds is 8. The number of aromatic nitrogens is 4. The van der Waals surface area contributed by atoms with Crippen LogP contribution in [0, 0.1) is 11.3 Å². The Hall–Kier alpha value is -3.97. The normalized spacial score (nSPS) is 15.1. The molecule has 2 aromatic heterocycles. The summed E-state index contributed by atoms with van der Waals surface area (Å²) >= 11 is 0. The predicted octanol–water partition coefficient (Wildman–Crippen LogP) is 1.90. The van der Waals surface area contributed by atoms with Gasteiger partial charge in [0.1, 0.15) is 18.2 Å². The Bertz CT molecular complexity index is 1220. The topological polar surface area (TPSA) is 112 Å². The average Bonchev–Trinajstić information content (AvgIpc) is 3.27. The summed E-state index contributed by atoms with van der Waals surface area (Å²) in [6.07, 6.45) is 3.49. The lowest BCUT2D eigenvalue weighted by atomic mass is 10.0. The van der Waals surface area contributed by atoms with Crippen LogP contribution in [0.1, 0.15) is 37.9 Å². The van der Waals surface area contributed by atoms with E-state index in [1.165, 1.54) is 15.6 Å². The summed E-state index contributed by atoms with van der Waals surface area (Å²) in [7, 11) is 0. The number of benzene rings is 1. The van der Waals surface area contributed by atoms with Crippen molar-refractivity contribution >= 4 is 11.7 Å². The van der Waals surface area contributed by atoms with E-state index < -0.39 is 6.04 Å². The molecule has 3 aromatic rings. The van der Waals surface area contributed by atoms with Crippen LogP contribution in [0.2, 0.25) is 0 Å². The fourth-order valence-electron chi connectivity index (χ4n) is 4.27. The molecule has 1 amide bonds. The van der Waals surface area contributed by atoms with E-state index in [1.807, 2.05) is 56.3 Å². The summed E-state index contributed by atoms with van der Waals surface area (Å²) in [4.78, 5) is 34.4. The molecule has 1 aliphatic rings. The zero-order valence-electron chi connectivity index (χ0n) is 20.0. The molecule has 1 aromatic carbocycles. The lowest BCUT2D eigenvalue weighted by Crippen LogP contribution is -2.51. The molecule has 0 spiro atoms. The lowest BCUT2D eigenvalue weighted by Gasteiger charge is -2.39. The van der Waals surface area contributed by atoms with Gasteiger partial charge in [-0.15, -0.1) is 0 Å². The first kappa shape index (κ1) is 24.2. The van der Waals surface area contributed by atoms with Crippen molar-refractivity contribution in [3.63, 3.8) is 0 Å². The molecule has 1 saturated heterocycles. The smallest absolute Gasteiger partial charge is 0.350 e. The van der Waals surface area contributed by atoms with E-state index in [4.69, 9.17) is 5.26 Å². The van der Waals surface area contributed by atoms with Crippen molar-refractivity contribution in [2.24, 2.45) is 0 Å². The molecule has 182 valence electrons. The van der Waals surface area contributed by atoms with Crippen LogP contribution < -0.4 is 15.9 Å². The second-order valence-corrected chi connectivity index (χ2v) is 8.73. The highest BCUT2D eigenvalue weighted by atomic mass is 16.2. The minimum Gasteiger partial charge on any atom is -0.354 e. The van der Waals surface area contributed by atoms with Crippen molar-refractivity contribution in [1.82, 2.24) is 29.5 Å². The van der Waals surface area contributed by atoms with E-state index >= 15 is 0 Å². The Labute approximate surface area is 204 Å². The van der Waals surface area contributed by atoms with Gasteiger partial charge in [0.25, 0.3) is 0 Å². The number of pyridine rings is 1. The molecule has 1 fully saturated rings. The molecule has 4 rings (SSSR count). The summed E-state index contributed by atoms with van der Waals surface area (Å²) in [6.45, 7) is 6.98. The molecule has 0 radical (unpaired) electrons. The molecule has 3 heterocycles. The van der Waals surface area contributed by atoms with Crippen molar-refractivity contribution in [2.75, 3.05) is 37.6 Å².